The standard InChI is InChI=1S/C17H19ClN4O3/c1-10-13(17(18)22(3)21-10)6-8-16(24)20-14-9-12(19-11(2)23)5-7-15(14)25-4/h5-9H,1-4H3,(H,19,23)(H,20,24)/b8-6+. The molecule has 8 heteroatoms. The van der Waals surface area contributed by atoms with Gasteiger partial charge in [0.05, 0.1) is 18.5 Å². The number of ether oxygens (including phenoxy) is 1. The Hall–Kier alpha value is -2.80. The summed E-state index contributed by atoms with van der Waals surface area (Å²) in [6.45, 7) is 3.22. The summed E-state index contributed by atoms with van der Waals surface area (Å²) in [6, 6.07) is 4.96. The van der Waals surface area contributed by atoms with E-state index in [9.17, 15) is 9.59 Å². The van der Waals surface area contributed by atoms with E-state index in [1.807, 2.05) is 6.92 Å². The number of methoxy groups -OCH3 is 1. The second kappa shape index (κ2) is 7.85. The van der Waals surface area contributed by atoms with Gasteiger partial charge >= 0.3 is 0 Å². The van der Waals surface area contributed by atoms with Crippen LogP contribution < -0.4 is 15.4 Å². The molecule has 0 unspecified atom stereocenters. The van der Waals surface area contributed by atoms with Crippen LogP contribution in [-0.2, 0) is 16.6 Å². The Morgan fingerprint density at radius 1 is 1.32 bits per heavy atom. The number of nitrogens with zero attached hydrogens (tertiary/aromatic N) is 2. The van der Waals surface area contributed by atoms with Gasteiger partial charge in [0, 0.05) is 31.3 Å². The van der Waals surface area contributed by atoms with Gasteiger partial charge in [-0.15, -0.1) is 0 Å². The van der Waals surface area contributed by atoms with Crippen LogP contribution in [-0.4, -0.2) is 28.7 Å². The van der Waals surface area contributed by atoms with Crippen LogP contribution in [0, 0.1) is 6.92 Å². The molecule has 0 aliphatic carbocycles. The number of benzene rings is 1. The molecule has 0 atom stereocenters. The molecule has 2 amide bonds. The molecule has 25 heavy (non-hydrogen) atoms. The third-order valence-corrected chi connectivity index (χ3v) is 3.82. The zero-order valence-electron chi connectivity index (χ0n) is 14.4. The van der Waals surface area contributed by atoms with Gasteiger partial charge in [-0.25, -0.2) is 0 Å². The van der Waals surface area contributed by atoms with Crippen molar-refractivity contribution in [2.24, 2.45) is 7.05 Å². The van der Waals surface area contributed by atoms with Gasteiger partial charge in [-0.05, 0) is 31.2 Å². The van der Waals surface area contributed by atoms with E-state index in [1.165, 1.54) is 24.8 Å². The van der Waals surface area contributed by atoms with Crippen molar-refractivity contribution >= 4 is 40.9 Å². The third-order valence-electron chi connectivity index (χ3n) is 3.38. The second-order valence-corrected chi connectivity index (χ2v) is 5.69. The number of anilines is 2. The Labute approximate surface area is 150 Å². The highest BCUT2D eigenvalue weighted by molar-refractivity contribution is 6.31. The second-order valence-electron chi connectivity index (χ2n) is 5.33. The van der Waals surface area contributed by atoms with Gasteiger partial charge in [-0.2, -0.15) is 5.10 Å². The first-order valence-electron chi connectivity index (χ1n) is 7.45. The van der Waals surface area contributed by atoms with E-state index < -0.39 is 0 Å². The lowest BCUT2D eigenvalue weighted by atomic mass is 10.2. The number of hydrogen-bond acceptors (Lipinski definition) is 4. The van der Waals surface area contributed by atoms with Gasteiger partial charge < -0.3 is 15.4 Å². The van der Waals surface area contributed by atoms with Gasteiger partial charge in [0.25, 0.3) is 0 Å². The average molecular weight is 363 g/mol. The molecule has 132 valence electrons. The van der Waals surface area contributed by atoms with Crippen molar-refractivity contribution < 1.29 is 14.3 Å². The van der Waals surface area contributed by atoms with Crippen molar-refractivity contribution in [2.45, 2.75) is 13.8 Å². The van der Waals surface area contributed by atoms with Crippen LogP contribution in [0.25, 0.3) is 6.08 Å². The maximum atomic E-state index is 12.2. The van der Waals surface area contributed by atoms with Crippen LogP contribution in [0.15, 0.2) is 24.3 Å². The van der Waals surface area contributed by atoms with Crippen molar-refractivity contribution in [3.8, 4) is 5.75 Å². The van der Waals surface area contributed by atoms with E-state index in [-0.39, 0.29) is 11.8 Å². The number of nitrogens with one attached hydrogen (secondary N) is 2. The topological polar surface area (TPSA) is 85.2 Å². The molecule has 0 saturated carbocycles. The number of carbonyl (C=O) groups excluding carboxylic acids is 2. The molecular weight excluding hydrogens is 344 g/mol. The molecule has 2 aromatic rings. The largest absolute Gasteiger partial charge is 0.495 e. The van der Waals surface area contributed by atoms with E-state index in [4.69, 9.17) is 16.3 Å². The van der Waals surface area contributed by atoms with E-state index >= 15 is 0 Å². The zero-order chi connectivity index (χ0) is 18.6. The molecule has 2 rings (SSSR count). The minimum atomic E-state index is -0.363. The first kappa shape index (κ1) is 18.5. The van der Waals surface area contributed by atoms with Gasteiger partial charge in [0.2, 0.25) is 11.8 Å². The lowest BCUT2D eigenvalue weighted by Crippen LogP contribution is -2.10. The molecule has 0 spiro atoms. The Morgan fingerprint density at radius 2 is 2.04 bits per heavy atom. The number of hydrogen-bond donors (Lipinski definition) is 2. The zero-order valence-corrected chi connectivity index (χ0v) is 15.1. The molecule has 1 aromatic heterocycles. The van der Waals surface area contributed by atoms with Crippen molar-refractivity contribution in [3.63, 3.8) is 0 Å². The Balaban J connectivity index is 2.19. The molecule has 0 saturated heterocycles. The maximum Gasteiger partial charge on any atom is 0.248 e. The van der Waals surface area contributed by atoms with Crippen LogP contribution in [0.2, 0.25) is 5.15 Å². The highest BCUT2D eigenvalue weighted by atomic mass is 35.5. The van der Waals surface area contributed by atoms with E-state index in [0.29, 0.717) is 27.8 Å². The van der Waals surface area contributed by atoms with Crippen molar-refractivity contribution in [1.82, 2.24) is 9.78 Å². The lowest BCUT2D eigenvalue weighted by Gasteiger charge is -2.11. The number of carbonyl (C=O) groups is 2. The van der Waals surface area contributed by atoms with Crippen LogP contribution in [0.1, 0.15) is 18.2 Å². The average Bonchev–Trinajstić information content (AvgIpc) is 2.78. The molecule has 7 nitrogen and oxygen atoms in total. The van der Waals surface area contributed by atoms with E-state index in [2.05, 4.69) is 15.7 Å². The molecule has 0 aliphatic heterocycles. The predicted octanol–water partition coefficient (Wildman–Crippen LogP) is 3.00. The normalized spacial score (nSPS) is 10.8. The molecule has 1 aromatic carbocycles. The van der Waals surface area contributed by atoms with Crippen molar-refractivity contribution in [2.75, 3.05) is 17.7 Å². The Bertz CT molecular complexity index is 843. The third kappa shape index (κ3) is 4.60. The van der Waals surface area contributed by atoms with Gasteiger partial charge in [-0.1, -0.05) is 11.6 Å². The van der Waals surface area contributed by atoms with Crippen molar-refractivity contribution in [1.29, 1.82) is 0 Å². The summed E-state index contributed by atoms with van der Waals surface area (Å²) in [4.78, 5) is 23.4. The first-order valence-corrected chi connectivity index (χ1v) is 7.83. The molecule has 0 aliphatic rings. The lowest BCUT2D eigenvalue weighted by molar-refractivity contribution is -0.114. The summed E-state index contributed by atoms with van der Waals surface area (Å²) >= 11 is 6.13. The van der Waals surface area contributed by atoms with Crippen LogP contribution in [0.5, 0.6) is 5.75 Å². The molecule has 0 radical (unpaired) electrons. The van der Waals surface area contributed by atoms with E-state index in [1.54, 1.807) is 31.3 Å². The molecule has 2 N–H and O–H groups in total. The smallest absolute Gasteiger partial charge is 0.248 e. The number of aromatic nitrogens is 2. The predicted molar refractivity (Wildman–Crippen MR) is 97.9 cm³/mol. The molecular formula is C17H19ClN4O3. The van der Waals surface area contributed by atoms with Gasteiger partial charge in [-0.3, -0.25) is 14.3 Å². The fourth-order valence-corrected chi connectivity index (χ4v) is 2.49. The maximum absolute atomic E-state index is 12.2. The minimum Gasteiger partial charge on any atom is -0.495 e. The fraction of sp³-hybridized carbons (Fsp3) is 0.235. The monoisotopic (exact) mass is 362 g/mol. The molecule has 0 bridgehead atoms. The van der Waals surface area contributed by atoms with Gasteiger partial charge in [0.15, 0.2) is 0 Å². The SMILES string of the molecule is COc1ccc(NC(C)=O)cc1NC(=O)/C=C/c1c(C)nn(C)c1Cl. The molecule has 0 fully saturated rings. The highest BCUT2D eigenvalue weighted by Crippen LogP contribution is 2.28. The fourth-order valence-electron chi connectivity index (χ4n) is 2.26. The van der Waals surface area contributed by atoms with Gasteiger partial charge in [0.1, 0.15) is 10.9 Å². The Kier molecular flexibility index (Phi) is 5.82. The Morgan fingerprint density at radius 3 is 2.60 bits per heavy atom. The molecule has 1 heterocycles. The summed E-state index contributed by atoms with van der Waals surface area (Å²) in [5.74, 6) is -0.0897. The van der Waals surface area contributed by atoms with Crippen LogP contribution in [0.3, 0.4) is 0 Å². The minimum absolute atomic E-state index is 0.205. The summed E-state index contributed by atoms with van der Waals surface area (Å²) in [5.41, 5.74) is 2.40. The van der Waals surface area contributed by atoms with Crippen molar-refractivity contribution in [3.05, 3.63) is 40.7 Å². The summed E-state index contributed by atoms with van der Waals surface area (Å²) in [6.07, 6.45) is 2.96. The summed E-state index contributed by atoms with van der Waals surface area (Å²) in [5, 5.41) is 10.0. The quantitative estimate of drug-likeness (QED) is 0.801. The van der Waals surface area contributed by atoms with Crippen LogP contribution >= 0.6 is 11.6 Å². The number of rotatable bonds is 5. The number of halogens is 1. The number of amides is 2. The number of aryl methyl sites for hydroxylation is 2. The highest BCUT2D eigenvalue weighted by Gasteiger charge is 2.10. The van der Waals surface area contributed by atoms with Crippen LogP contribution in [0.4, 0.5) is 11.4 Å². The first-order chi connectivity index (χ1) is 11.8. The summed E-state index contributed by atoms with van der Waals surface area (Å²) < 4.78 is 6.76. The van der Waals surface area contributed by atoms with E-state index in [0.717, 1.165) is 5.69 Å². The summed E-state index contributed by atoms with van der Waals surface area (Å²) in [7, 11) is 3.23.